The molecule has 1 aromatic carbocycles. The molecule has 1 aromatic heterocycles. The Bertz CT molecular complexity index is 861. The van der Waals surface area contributed by atoms with Crippen molar-refractivity contribution in [2.24, 2.45) is 0 Å². The van der Waals surface area contributed by atoms with E-state index in [1.165, 1.54) is 17.6 Å². The van der Waals surface area contributed by atoms with Gasteiger partial charge in [-0.25, -0.2) is 14.2 Å². The molecule has 1 saturated heterocycles. The average molecular weight is 413 g/mol. The number of likely N-dealkylation sites (tertiary alicyclic amines) is 1. The summed E-state index contributed by atoms with van der Waals surface area (Å²) in [5, 5.41) is 0. The maximum absolute atomic E-state index is 12.5. The maximum Gasteiger partial charge on any atom is 0.411 e. The van der Waals surface area contributed by atoms with E-state index in [0.29, 0.717) is 12.2 Å². The van der Waals surface area contributed by atoms with E-state index in [1.807, 2.05) is 42.7 Å². The molecule has 160 valence electrons. The predicted molar refractivity (Wildman–Crippen MR) is 110 cm³/mol. The van der Waals surface area contributed by atoms with Gasteiger partial charge in [0.15, 0.2) is 18.9 Å². The standard InChI is InChI=1S/C23H29N2O5/c1-23(2,3)30-22(27)25-16-19(14-20(25)21(26)28-4)29-18-10-12-24(13-11-18)15-17-8-6-5-7-9-17/h5-13,19-20H,14-16H2,1-4H3/q+1/t19-,20+/m1/s1. The van der Waals surface area contributed by atoms with Gasteiger partial charge in [-0.2, -0.15) is 0 Å². The molecule has 7 heteroatoms. The highest BCUT2D eigenvalue weighted by molar-refractivity contribution is 5.82. The van der Waals surface area contributed by atoms with Crippen molar-refractivity contribution in [2.75, 3.05) is 13.7 Å². The molecule has 1 aliphatic rings. The largest absolute Gasteiger partial charge is 0.488 e. The van der Waals surface area contributed by atoms with Crippen LogP contribution in [0.3, 0.4) is 0 Å². The zero-order valence-corrected chi connectivity index (χ0v) is 17.9. The summed E-state index contributed by atoms with van der Waals surface area (Å²) in [7, 11) is 1.31. The molecule has 2 heterocycles. The second kappa shape index (κ2) is 9.15. The molecule has 0 N–H and O–H groups in total. The lowest BCUT2D eigenvalue weighted by Crippen LogP contribution is -2.44. The second-order valence-corrected chi connectivity index (χ2v) is 8.34. The first-order chi connectivity index (χ1) is 14.2. The Kier molecular flexibility index (Phi) is 6.59. The maximum atomic E-state index is 12.5. The number of nitrogens with zero attached hydrogens (tertiary/aromatic N) is 2. The van der Waals surface area contributed by atoms with Crippen LogP contribution in [0.1, 0.15) is 32.8 Å². The molecule has 1 amide bonds. The van der Waals surface area contributed by atoms with Gasteiger partial charge in [0.2, 0.25) is 0 Å². The van der Waals surface area contributed by atoms with Gasteiger partial charge in [0.05, 0.1) is 13.7 Å². The highest BCUT2D eigenvalue weighted by Gasteiger charge is 2.43. The SMILES string of the molecule is COC(=O)[C@@H]1C[C@@H](Oc2cc[n+](Cc3ccccc3)cc2)CN1C(=O)OC(C)(C)C. The number of amides is 1. The summed E-state index contributed by atoms with van der Waals surface area (Å²) in [6.45, 7) is 6.39. The van der Waals surface area contributed by atoms with E-state index in [4.69, 9.17) is 14.2 Å². The van der Waals surface area contributed by atoms with Gasteiger partial charge in [0.25, 0.3) is 0 Å². The van der Waals surface area contributed by atoms with Crippen molar-refractivity contribution in [3.63, 3.8) is 0 Å². The van der Waals surface area contributed by atoms with E-state index >= 15 is 0 Å². The number of pyridine rings is 1. The number of benzene rings is 1. The molecule has 0 aliphatic carbocycles. The number of hydrogen-bond donors (Lipinski definition) is 0. The zero-order valence-electron chi connectivity index (χ0n) is 17.9. The third kappa shape index (κ3) is 5.72. The Hall–Kier alpha value is -3.09. The lowest BCUT2D eigenvalue weighted by atomic mass is 10.2. The quantitative estimate of drug-likeness (QED) is 0.557. The number of methoxy groups -OCH3 is 1. The molecule has 30 heavy (non-hydrogen) atoms. The van der Waals surface area contributed by atoms with E-state index in [0.717, 1.165) is 6.54 Å². The van der Waals surface area contributed by atoms with Gasteiger partial charge in [0.1, 0.15) is 23.5 Å². The van der Waals surface area contributed by atoms with Crippen LogP contribution in [0.4, 0.5) is 4.79 Å². The number of ether oxygens (including phenoxy) is 3. The molecule has 2 atom stereocenters. The molecular weight excluding hydrogens is 384 g/mol. The fourth-order valence-electron chi connectivity index (χ4n) is 3.38. The molecule has 2 aromatic rings. The van der Waals surface area contributed by atoms with Crippen LogP contribution in [0, 0.1) is 0 Å². The number of carbonyl (C=O) groups excluding carboxylic acids is 2. The molecule has 0 radical (unpaired) electrons. The van der Waals surface area contributed by atoms with Crippen molar-refractivity contribution in [2.45, 2.75) is 51.5 Å². The van der Waals surface area contributed by atoms with Crippen molar-refractivity contribution in [1.82, 2.24) is 4.90 Å². The minimum Gasteiger partial charge on any atom is -0.488 e. The van der Waals surface area contributed by atoms with Crippen molar-refractivity contribution < 1.29 is 28.4 Å². The number of aromatic nitrogens is 1. The van der Waals surface area contributed by atoms with Crippen LogP contribution in [-0.4, -0.2) is 48.4 Å². The first-order valence-corrected chi connectivity index (χ1v) is 10.0. The summed E-state index contributed by atoms with van der Waals surface area (Å²) in [6.07, 6.45) is 3.37. The number of hydrogen-bond acceptors (Lipinski definition) is 5. The molecule has 0 bridgehead atoms. The van der Waals surface area contributed by atoms with Crippen LogP contribution >= 0.6 is 0 Å². The highest BCUT2D eigenvalue weighted by atomic mass is 16.6. The molecule has 1 aliphatic heterocycles. The minimum atomic E-state index is -0.721. The first-order valence-electron chi connectivity index (χ1n) is 10.0. The van der Waals surface area contributed by atoms with Crippen LogP contribution in [0.15, 0.2) is 54.9 Å². The Morgan fingerprint density at radius 2 is 1.77 bits per heavy atom. The van der Waals surface area contributed by atoms with Crippen LogP contribution < -0.4 is 9.30 Å². The van der Waals surface area contributed by atoms with Crippen LogP contribution in [-0.2, 0) is 20.8 Å². The van der Waals surface area contributed by atoms with Crippen molar-refractivity contribution in [3.05, 3.63) is 60.4 Å². The van der Waals surface area contributed by atoms with Gasteiger partial charge in [-0.15, -0.1) is 0 Å². The molecule has 0 saturated carbocycles. The van der Waals surface area contributed by atoms with Gasteiger partial charge in [-0.3, -0.25) is 4.90 Å². The van der Waals surface area contributed by atoms with Crippen molar-refractivity contribution in [3.8, 4) is 5.75 Å². The normalized spacial score (nSPS) is 18.7. The summed E-state index contributed by atoms with van der Waals surface area (Å²) in [5.74, 6) is 0.208. The molecule has 1 fully saturated rings. The van der Waals surface area contributed by atoms with Gasteiger partial charge < -0.3 is 14.2 Å². The fourth-order valence-corrected chi connectivity index (χ4v) is 3.38. The second-order valence-electron chi connectivity index (χ2n) is 8.34. The summed E-state index contributed by atoms with van der Waals surface area (Å²) < 4.78 is 18.4. The predicted octanol–water partition coefficient (Wildman–Crippen LogP) is 2.95. The third-order valence-corrected chi connectivity index (χ3v) is 4.74. The molecule has 3 rings (SSSR count). The minimum absolute atomic E-state index is 0.258. The van der Waals surface area contributed by atoms with Crippen LogP contribution in [0.25, 0.3) is 0 Å². The van der Waals surface area contributed by atoms with E-state index in [2.05, 4.69) is 16.7 Å². The summed E-state index contributed by atoms with van der Waals surface area (Å²) >= 11 is 0. The number of rotatable bonds is 5. The van der Waals surface area contributed by atoms with E-state index in [1.54, 1.807) is 20.8 Å². The van der Waals surface area contributed by atoms with E-state index < -0.39 is 23.7 Å². The summed E-state index contributed by atoms with van der Waals surface area (Å²) in [6, 6.07) is 13.2. The molecular formula is C23H29N2O5+. The third-order valence-electron chi connectivity index (χ3n) is 4.74. The van der Waals surface area contributed by atoms with Crippen molar-refractivity contribution >= 4 is 12.1 Å². The molecule has 0 spiro atoms. The lowest BCUT2D eigenvalue weighted by molar-refractivity contribution is -0.688. The average Bonchev–Trinajstić information content (AvgIpc) is 3.12. The summed E-state index contributed by atoms with van der Waals surface area (Å²) in [4.78, 5) is 26.1. The van der Waals surface area contributed by atoms with Gasteiger partial charge in [-0.05, 0) is 20.8 Å². The van der Waals surface area contributed by atoms with E-state index in [-0.39, 0.29) is 12.6 Å². The van der Waals surface area contributed by atoms with Crippen molar-refractivity contribution in [1.29, 1.82) is 0 Å². The smallest absolute Gasteiger partial charge is 0.411 e. The topological polar surface area (TPSA) is 69.0 Å². The fraction of sp³-hybridized carbons (Fsp3) is 0.435. The molecule has 0 unspecified atom stereocenters. The Balaban J connectivity index is 1.64. The Labute approximate surface area is 177 Å². The Morgan fingerprint density at radius 3 is 2.37 bits per heavy atom. The highest BCUT2D eigenvalue weighted by Crippen LogP contribution is 2.25. The monoisotopic (exact) mass is 413 g/mol. The zero-order chi connectivity index (χ0) is 21.7. The van der Waals surface area contributed by atoms with Gasteiger partial charge in [0, 0.05) is 24.1 Å². The van der Waals surface area contributed by atoms with E-state index in [9.17, 15) is 9.59 Å². The lowest BCUT2D eigenvalue weighted by Gasteiger charge is -2.27. The van der Waals surface area contributed by atoms with Gasteiger partial charge >= 0.3 is 12.1 Å². The number of esters is 1. The van der Waals surface area contributed by atoms with Gasteiger partial charge in [-0.1, -0.05) is 30.3 Å². The summed E-state index contributed by atoms with van der Waals surface area (Å²) in [5.41, 5.74) is 0.559. The van der Waals surface area contributed by atoms with Crippen LogP contribution in [0.2, 0.25) is 0 Å². The number of carbonyl (C=O) groups is 2. The molecule has 7 nitrogen and oxygen atoms in total. The Morgan fingerprint density at radius 1 is 1.10 bits per heavy atom. The van der Waals surface area contributed by atoms with Crippen LogP contribution in [0.5, 0.6) is 5.75 Å². The first kappa shape index (κ1) is 21.6.